The summed E-state index contributed by atoms with van der Waals surface area (Å²) in [6.45, 7) is 0.598. The second-order valence-electron chi connectivity index (χ2n) is 8.68. The molecular weight excluding hydrogens is 576 g/mol. The lowest BCUT2D eigenvalue weighted by molar-refractivity contribution is -0.274. The standard InChI is InChI=1S/C26H17Cl2F3N4O5/c27-20-10-16(35-25(38)33-22(36)12-32-35)11-21(28)23(20)39-18-5-6-19-15(9-18)7-8-34(24(19)37)13-14-1-3-17(4-2-14)40-26(29,30)31/h1-6,9-12H,7-8,13H2,(H,33,36,38). The minimum Gasteiger partial charge on any atom is -0.454 e. The van der Waals surface area contributed by atoms with E-state index in [0.717, 1.165) is 16.4 Å². The van der Waals surface area contributed by atoms with Gasteiger partial charge in [-0.1, -0.05) is 35.3 Å². The molecule has 9 nitrogen and oxygen atoms in total. The number of benzene rings is 3. The number of amides is 1. The molecule has 2 heterocycles. The zero-order valence-corrected chi connectivity index (χ0v) is 21.7. The first-order valence-corrected chi connectivity index (χ1v) is 12.4. The molecule has 40 heavy (non-hydrogen) atoms. The maximum absolute atomic E-state index is 13.1. The number of hydrogen-bond acceptors (Lipinski definition) is 6. The predicted molar refractivity (Wildman–Crippen MR) is 139 cm³/mol. The average molecular weight is 593 g/mol. The Hall–Kier alpha value is -4.29. The van der Waals surface area contributed by atoms with Crippen molar-refractivity contribution in [3.8, 4) is 22.9 Å². The second kappa shape index (κ2) is 10.7. The molecule has 5 rings (SSSR count). The van der Waals surface area contributed by atoms with Gasteiger partial charge in [0.15, 0.2) is 5.75 Å². The number of halogens is 5. The number of carbonyl (C=O) groups excluding carboxylic acids is 1. The monoisotopic (exact) mass is 592 g/mol. The van der Waals surface area contributed by atoms with E-state index in [2.05, 4.69) is 14.8 Å². The molecule has 1 N–H and O–H groups in total. The summed E-state index contributed by atoms with van der Waals surface area (Å²) >= 11 is 12.7. The van der Waals surface area contributed by atoms with Crippen LogP contribution >= 0.6 is 23.2 Å². The third kappa shape index (κ3) is 5.97. The molecule has 0 radical (unpaired) electrons. The fraction of sp³-hybridized carbons (Fsp3) is 0.154. The number of rotatable bonds is 6. The largest absolute Gasteiger partial charge is 0.573 e. The molecule has 1 aliphatic heterocycles. The molecule has 0 saturated heterocycles. The van der Waals surface area contributed by atoms with E-state index in [4.69, 9.17) is 27.9 Å². The molecule has 1 amide bonds. The topological polar surface area (TPSA) is 107 Å². The number of nitrogens with one attached hydrogen (secondary N) is 1. The highest BCUT2D eigenvalue weighted by Crippen LogP contribution is 2.39. The van der Waals surface area contributed by atoms with Crippen molar-refractivity contribution in [1.29, 1.82) is 0 Å². The van der Waals surface area contributed by atoms with E-state index in [-0.39, 0.29) is 39.7 Å². The Balaban J connectivity index is 1.30. The van der Waals surface area contributed by atoms with Crippen molar-refractivity contribution in [2.75, 3.05) is 6.54 Å². The number of hydrogen-bond donors (Lipinski definition) is 1. The van der Waals surface area contributed by atoms with Crippen LogP contribution in [0.15, 0.2) is 70.4 Å². The minimum atomic E-state index is -4.78. The Bertz CT molecular complexity index is 1700. The maximum atomic E-state index is 13.1. The summed E-state index contributed by atoms with van der Waals surface area (Å²) in [4.78, 5) is 40.1. The molecule has 0 atom stereocenters. The van der Waals surface area contributed by atoms with E-state index in [9.17, 15) is 27.6 Å². The van der Waals surface area contributed by atoms with Gasteiger partial charge in [0.2, 0.25) is 0 Å². The smallest absolute Gasteiger partial charge is 0.454 e. The van der Waals surface area contributed by atoms with Gasteiger partial charge in [0.05, 0.1) is 15.7 Å². The molecule has 0 saturated carbocycles. The molecule has 3 aromatic carbocycles. The predicted octanol–water partition coefficient (Wildman–Crippen LogP) is 5.12. The van der Waals surface area contributed by atoms with Crippen molar-refractivity contribution in [1.82, 2.24) is 19.7 Å². The van der Waals surface area contributed by atoms with Crippen molar-refractivity contribution in [2.45, 2.75) is 19.3 Å². The normalized spacial score (nSPS) is 13.2. The molecule has 0 spiro atoms. The summed E-state index contributed by atoms with van der Waals surface area (Å²) in [7, 11) is 0. The fourth-order valence-corrected chi connectivity index (χ4v) is 4.72. The van der Waals surface area contributed by atoms with Crippen LogP contribution in [0.5, 0.6) is 17.2 Å². The van der Waals surface area contributed by atoms with Crippen molar-refractivity contribution in [3.63, 3.8) is 0 Å². The number of aromatic nitrogens is 3. The third-order valence-electron chi connectivity index (χ3n) is 5.94. The second-order valence-corrected chi connectivity index (χ2v) is 9.49. The highest BCUT2D eigenvalue weighted by atomic mass is 35.5. The molecule has 0 unspecified atom stereocenters. The van der Waals surface area contributed by atoms with Crippen LogP contribution in [0.2, 0.25) is 10.0 Å². The minimum absolute atomic E-state index is 0.0778. The SMILES string of the molecule is O=C1c2ccc(Oc3c(Cl)cc(-n4ncc(=O)[nH]c4=O)cc3Cl)cc2CCN1Cc1ccc(OC(F)(F)F)cc1. The number of ether oxygens (including phenoxy) is 2. The highest BCUT2D eigenvalue weighted by molar-refractivity contribution is 6.37. The van der Waals surface area contributed by atoms with Gasteiger partial charge < -0.3 is 14.4 Å². The van der Waals surface area contributed by atoms with Crippen LogP contribution in [0, 0.1) is 0 Å². The lowest BCUT2D eigenvalue weighted by Gasteiger charge is -2.29. The van der Waals surface area contributed by atoms with Gasteiger partial charge in [-0.25, -0.2) is 4.79 Å². The number of nitrogens with zero attached hydrogens (tertiary/aromatic N) is 3. The van der Waals surface area contributed by atoms with Crippen LogP contribution in [-0.2, 0) is 13.0 Å². The van der Waals surface area contributed by atoms with Gasteiger partial charge in [0, 0.05) is 18.7 Å². The van der Waals surface area contributed by atoms with E-state index in [1.165, 1.54) is 36.4 Å². The lowest BCUT2D eigenvalue weighted by atomic mass is 9.98. The Labute approximate surface area is 233 Å². The summed E-state index contributed by atoms with van der Waals surface area (Å²) in [6, 6.07) is 13.0. The van der Waals surface area contributed by atoms with Crippen molar-refractivity contribution >= 4 is 29.1 Å². The zero-order valence-electron chi connectivity index (χ0n) is 20.2. The zero-order chi connectivity index (χ0) is 28.6. The van der Waals surface area contributed by atoms with Gasteiger partial charge in [0.1, 0.15) is 17.7 Å². The molecule has 0 bridgehead atoms. The lowest BCUT2D eigenvalue weighted by Crippen LogP contribution is -2.37. The first kappa shape index (κ1) is 27.3. The number of fused-ring (bicyclic) bond motifs is 1. The Morgan fingerprint density at radius 2 is 1.62 bits per heavy atom. The number of alkyl halides is 3. The van der Waals surface area contributed by atoms with Crippen molar-refractivity contribution < 1.29 is 27.4 Å². The van der Waals surface area contributed by atoms with E-state index >= 15 is 0 Å². The van der Waals surface area contributed by atoms with Crippen molar-refractivity contribution in [3.05, 3.63) is 108 Å². The summed E-state index contributed by atoms with van der Waals surface area (Å²) in [5, 5.41) is 3.92. The number of H-pyrrole nitrogens is 1. The van der Waals surface area contributed by atoms with Crippen LogP contribution in [-0.4, -0.2) is 38.5 Å². The summed E-state index contributed by atoms with van der Waals surface area (Å²) in [5.41, 5.74) is 0.642. The molecule has 14 heteroatoms. The summed E-state index contributed by atoms with van der Waals surface area (Å²) in [6.07, 6.45) is -3.33. The van der Waals surface area contributed by atoms with Gasteiger partial charge in [-0.2, -0.15) is 9.78 Å². The first-order chi connectivity index (χ1) is 19.0. The molecular formula is C26H17Cl2F3N4O5. The van der Waals surface area contributed by atoms with E-state index in [1.54, 1.807) is 23.1 Å². The number of carbonyl (C=O) groups is 1. The quantitative estimate of drug-likeness (QED) is 0.333. The van der Waals surface area contributed by atoms with Gasteiger partial charge in [0.25, 0.3) is 11.5 Å². The summed E-state index contributed by atoms with van der Waals surface area (Å²) < 4.78 is 47.8. The number of aromatic amines is 1. The fourth-order valence-electron chi connectivity index (χ4n) is 4.17. The van der Waals surface area contributed by atoms with E-state index in [0.29, 0.717) is 29.8 Å². The van der Waals surface area contributed by atoms with Crippen LogP contribution < -0.4 is 20.7 Å². The molecule has 4 aromatic rings. The molecule has 1 aromatic heterocycles. The van der Waals surface area contributed by atoms with Crippen molar-refractivity contribution in [2.24, 2.45) is 0 Å². The Kier molecular flexibility index (Phi) is 7.30. The van der Waals surface area contributed by atoms with Crippen LogP contribution in [0.25, 0.3) is 5.69 Å². The maximum Gasteiger partial charge on any atom is 0.573 e. The Morgan fingerprint density at radius 3 is 2.27 bits per heavy atom. The van der Waals surface area contributed by atoms with Gasteiger partial charge in [-0.15, -0.1) is 13.2 Å². The highest BCUT2D eigenvalue weighted by Gasteiger charge is 2.31. The van der Waals surface area contributed by atoms with Gasteiger partial charge >= 0.3 is 12.1 Å². The van der Waals surface area contributed by atoms with Crippen LogP contribution in [0.4, 0.5) is 13.2 Å². The summed E-state index contributed by atoms with van der Waals surface area (Å²) in [5.74, 6) is -0.0824. The molecule has 0 aliphatic carbocycles. The Morgan fingerprint density at radius 1 is 0.950 bits per heavy atom. The third-order valence-corrected chi connectivity index (χ3v) is 6.50. The van der Waals surface area contributed by atoms with E-state index < -0.39 is 17.6 Å². The van der Waals surface area contributed by atoms with Crippen LogP contribution in [0.1, 0.15) is 21.5 Å². The van der Waals surface area contributed by atoms with Gasteiger partial charge in [-0.3, -0.25) is 14.6 Å². The first-order valence-electron chi connectivity index (χ1n) is 11.6. The molecule has 0 fully saturated rings. The van der Waals surface area contributed by atoms with Crippen LogP contribution in [0.3, 0.4) is 0 Å². The van der Waals surface area contributed by atoms with E-state index in [1.807, 2.05) is 0 Å². The average Bonchev–Trinajstić information content (AvgIpc) is 2.88. The molecule has 206 valence electrons. The van der Waals surface area contributed by atoms with Gasteiger partial charge in [-0.05, 0) is 60.0 Å². The molecule has 1 aliphatic rings.